The van der Waals surface area contributed by atoms with Gasteiger partial charge in [0.25, 0.3) is 5.91 Å². The van der Waals surface area contributed by atoms with Crippen molar-refractivity contribution in [3.05, 3.63) is 46.8 Å². The van der Waals surface area contributed by atoms with E-state index in [9.17, 15) is 4.79 Å². The van der Waals surface area contributed by atoms with E-state index in [-0.39, 0.29) is 12.5 Å². The monoisotopic (exact) mass is 280 g/mol. The lowest BCUT2D eigenvalue weighted by atomic mass is 10.3. The molecule has 0 radical (unpaired) electrons. The van der Waals surface area contributed by atoms with Gasteiger partial charge in [-0.25, -0.2) is 0 Å². The van der Waals surface area contributed by atoms with Gasteiger partial charge in [-0.05, 0) is 31.2 Å². The number of nitrogens with one attached hydrogen (secondary N) is 1. The average Bonchev–Trinajstić information content (AvgIpc) is 2.81. The molecule has 2 aromatic rings. The van der Waals surface area contributed by atoms with E-state index in [1.54, 1.807) is 37.4 Å². The molecule has 0 saturated carbocycles. The Morgan fingerprint density at radius 2 is 2.16 bits per heavy atom. The second kappa shape index (κ2) is 6.24. The molecule has 0 atom stereocenters. The first-order chi connectivity index (χ1) is 9.15. The van der Waals surface area contributed by atoms with E-state index in [0.717, 1.165) is 5.56 Å². The van der Waals surface area contributed by atoms with Crippen LogP contribution in [0.25, 0.3) is 0 Å². The normalized spacial score (nSPS) is 10.2. The van der Waals surface area contributed by atoms with Crippen molar-refractivity contribution >= 4 is 17.5 Å². The molecule has 0 aliphatic carbocycles. The standard InChI is InChI=1S/C13H13ClN2O3/c1-9-10(7-16-19-9)6-15-13(17)8-18-12-4-2-11(14)3-5-12/h2-5,7H,6,8H2,1H3,(H,15,17). The molecule has 0 unspecified atom stereocenters. The fourth-order valence-electron chi connectivity index (χ4n) is 1.41. The second-order valence-electron chi connectivity index (χ2n) is 3.93. The number of rotatable bonds is 5. The molecule has 0 saturated heterocycles. The van der Waals surface area contributed by atoms with E-state index >= 15 is 0 Å². The van der Waals surface area contributed by atoms with Crippen LogP contribution in [0.15, 0.2) is 35.0 Å². The number of hydrogen-bond acceptors (Lipinski definition) is 4. The molecular formula is C13H13ClN2O3. The molecule has 19 heavy (non-hydrogen) atoms. The van der Waals surface area contributed by atoms with Crippen LogP contribution in [0, 0.1) is 6.92 Å². The molecule has 1 amide bonds. The first-order valence-corrected chi connectivity index (χ1v) is 6.08. The van der Waals surface area contributed by atoms with Crippen LogP contribution in [0.2, 0.25) is 5.02 Å². The molecular weight excluding hydrogens is 268 g/mol. The Morgan fingerprint density at radius 1 is 1.42 bits per heavy atom. The number of amides is 1. The Morgan fingerprint density at radius 3 is 2.79 bits per heavy atom. The average molecular weight is 281 g/mol. The third-order valence-corrected chi connectivity index (χ3v) is 2.76. The van der Waals surface area contributed by atoms with E-state index in [0.29, 0.717) is 23.1 Å². The molecule has 0 aliphatic heterocycles. The van der Waals surface area contributed by atoms with E-state index in [1.807, 2.05) is 0 Å². The van der Waals surface area contributed by atoms with Gasteiger partial charge in [0.15, 0.2) is 6.61 Å². The van der Waals surface area contributed by atoms with Crippen molar-refractivity contribution < 1.29 is 14.1 Å². The number of halogens is 1. The van der Waals surface area contributed by atoms with Crippen LogP contribution in [0.3, 0.4) is 0 Å². The van der Waals surface area contributed by atoms with Crippen molar-refractivity contribution in [3.63, 3.8) is 0 Å². The number of carbonyl (C=O) groups excluding carboxylic acids is 1. The first-order valence-electron chi connectivity index (χ1n) is 5.70. The highest BCUT2D eigenvalue weighted by Gasteiger charge is 2.06. The summed E-state index contributed by atoms with van der Waals surface area (Å²) >= 11 is 5.75. The van der Waals surface area contributed by atoms with Crippen molar-refractivity contribution in [2.75, 3.05) is 6.61 Å². The highest BCUT2D eigenvalue weighted by molar-refractivity contribution is 6.30. The summed E-state index contributed by atoms with van der Waals surface area (Å²) < 4.78 is 10.2. The molecule has 1 aromatic heterocycles. The molecule has 1 N–H and O–H groups in total. The molecule has 0 spiro atoms. The minimum atomic E-state index is -0.212. The quantitative estimate of drug-likeness (QED) is 0.913. The van der Waals surface area contributed by atoms with Gasteiger partial charge in [0, 0.05) is 17.1 Å². The number of benzene rings is 1. The Balaban J connectivity index is 1.76. The summed E-state index contributed by atoms with van der Waals surface area (Å²) in [5, 5.41) is 6.97. The van der Waals surface area contributed by atoms with Crippen LogP contribution in [-0.2, 0) is 11.3 Å². The van der Waals surface area contributed by atoms with Crippen molar-refractivity contribution in [1.82, 2.24) is 10.5 Å². The molecule has 1 aromatic carbocycles. The van der Waals surface area contributed by atoms with E-state index in [1.165, 1.54) is 0 Å². The van der Waals surface area contributed by atoms with Crippen molar-refractivity contribution in [1.29, 1.82) is 0 Å². The predicted molar refractivity (Wildman–Crippen MR) is 70.0 cm³/mol. The summed E-state index contributed by atoms with van der Waals surface area (Å²) in [4.78, 5) is 11.6. The van der Waals surface area contributed by atoms with Crippen LogP contribution >= 0.6 is 11.6 Å². The zero-order valence-corrected chi connectivity index (χ0v) is 11.1. The zero-order chi connectivity index (χ0) is 13.7. The number of nitrogens with zero attached hydrogens (tertiary/aromatic N) is 1. The lowest BCUT2D eigenvalue weighted by Crippen LogP contribution is -2.28. The minimum absolute atomic E-state index is 0.0496. The SMILES string of the molecule is Cc1oncc1CNC(=O)COc1ccc(Cl)cc1. The number of aromatic nitrogens is 1. The molecule has 100 valence electrons. The molecule has 2 rings (SSSR count). The molecule has 0 bridgehead atoms. The van der Waals surface area contributed by atoms with Crippen molar-refractivity contribution in [2.24, 2.45) is 0 Å². The van der Waals surface area contributed by atoms with Gasteiger partial charge < -0.3 is 14.6 Å². The maximum Gasteiger partial charge on any atom is 0.258 e. The topological polar surface area (TPSA) is 64.4 Å². The third kappa shape index (κ3) is 3.99. The largest absolute Gasteiger partial charge is 0.484 e. The van der Waals surface area contributed by atoms with Gasteiger partial charge in [-0.3, -0.25) is 4.79 Å². The van der Waals surface area contributed by atoms with Gasteiger partial charge in [-0.15, -0.1) is 0 Å². The van der Waals surface area contributed by atoms with E-state index in [4.69, 9.17) is 20.9 Å². The van der Waals surface area contributed by atoms with Crippen LogP contribution in [0.5, 0.6) is 5.75 Å². The molecule has 5 nitrogen and oxygen atoms in total. The first kappa shape index (κ1) is 13.4. The Hall–Kier alpha value is -2.01. The smallest absolute Gasteiger partial charge is 0.258 e. The summed E-state index contributed by atoms with van der Waals surface area (Å²) in [5.41, 5.74) is 0.847. The number of carbonyl (C=O) groups is 1. The predicted octanol–water partition coefficient (Wildman–Crippen LogP) is 2.33. The van der Waals surface area contributed by atoms with Gasteiger partial charge in [-0.2, -0.15) is 0 Å². The Labute approximate surface area is 115 Å². The van der Waals surface area contributed by atoms with Crippen LogP contribution in [-0.4, -0.2) is 17.7 Å². The van der Waals surface area contributed by atoms with Gasteiger partial charge in [-0.1, -0.05) is 16.8 Å². The summed E-state index contributed by atoms with van der Waals surface area (Å²) in [5.74, 6) is 1.08. The van der Waals surface area contributed by atoms with Gasteiger partial charge in [0.05, 0.1) is 6.20 Å². The second-order valence-corrected chi connectivity index (χ2v) is 4.36. The maximum absolute atomic E-state index is 11.6. The van der Waals surface area contributed by atoms with E-state index < -0.39 is 0 Å². The van der Waals surface area contributed by atoms with E-state index in [2.05, 4.69) is 10.5 Å². The molecule has 6 heteroatoms. The van der Waals surface area contributed by atoms with Crippen molar-refractivity contribution in [3.8, 4) is 5.75 Å². The Bertz CT molecular complexity index is 551. The van der Waals surface area contributed by atoms with Gasteiger partial charge in [0.1, 0.15) is 11.5 Å². The van der Waals surface area contributed by atoms with Gasteiger partial charge >= 0.3 is 0 Å². The lowest BCUT2D eigenvalue weighted by Gasteiger charge is -2.06. The molecule has 1 heterocycles. The minimum Gasteiger partial charge on any atom is -0.484 e. The van der Waals surface area contributed by atoms with Crippen LogP contribution in [0.4, 0.5) is 0 Å². The van der Waals surface area contributed by atoms with Crippen molar-refractivity contribution in [2.45, 2.75) is 13.5 Å². The van der Waals surface area contributed by atoms with Gasteiger partial charge in [0.2, 0.25) is 0 Å². The fraction of sp³-hybridized carbons (Fsp3) is 0.231. The Kier molecular flexibility index (Phi) is 4.41. The summed E-state index contributed by atoms with van der Waals surface area (Å²) in [6, 6.07) is 6.82. The fourth-order valence-corrected chi connectivity index (χ4v) is 1.54. The lowest BCUT2D eigenvalue weighted by molar-refractivity contribution is -0.123. The third-order valence-electron chi connectivity index (χ3n) is 2.51. The van der Waals surface area contributed by atoms with Crippen LogP contribution in [0.1, 0.15) is 11.3 Å². The highest BCUT2D eigenvalue weighted by atomic mass is 35.5. The summed E-state index contributed by atoms with van der Waals surface area (Å²) in [6.45, 7) is 2.11. The number of ether oxygens (including phenoxy) is 1. The molecule has 0 aliphatic rings. The zero-order valence-electron chi connectivity index (χ0n) is 10.4. The highest BCUT2D eigenvalue weighted by Crippen LogP contribution is 2.15. The maximum atomic E-state index is 11.6. The summed E-state index contributed by atoms with van der Waals surface area (Å²) in [7, 11) is 0. The summed E-state index contributed by atoms with van der Waals surface area (Å²) in [6.07, 6.45) is 1.58. The molecule has 0 fully saturated rings. The number of hydrogen-bond donors (Lipinski definition) is 1. The van der Waals surface area contributed by atoms with Crippen LogP contribution < -0.4 is 10.1 Å². The number of aryl methyl sites for hydroxylation is 1.